The van der Waals surface area contributed by atoms with Gasteiger partial charge in [0.1, 0.15) is 17.3 Å². The standard InChI is InChI=1S/C9H9N3O2/c1-9(11,8(13)14)6-2-3-7(4-10)12-5-6/h2-3,5H,11H2,1H3,(H,13,14)/t9-/m0/s1. The van der Waals surface area contributed by atoms with Gasteiger partial charge < -0.3 is 10.8 Å². The molecule has 1 rings (SSSR count). The summed E-state index contributed by atoms with van der Waals surface area (Å²) >= 11 is 0. The van der Waals surface area contributed by atoms with Crippen molar-refractivity contribution in [2.75, 3.05) is 0 Å². The Hall–Kier alpha value is -1.93. The first kappa shape index (κ1) is 10.2. The van der Waals surface area contributed by atoms with Crippen molar-refractivity contribution in [3.05, 3.63) is 29.6 Å². The molecule has 5 heteroatoms. The number of carbonyl (C=O) groups is 1. The van der Waals surface area contributed by atoms with E-state index in [9.17, 15) is 4.79 Å². The van der Waals surface area contributed by atoms with Crippen LogP contribution < -0.4 is 5.73 Å². The van der Waals surface area contributed by atoms with E-state index in [0.29, 0.717) is 5.56 Å². The maximum Gasteiger partial charge on any atom is 0.328 e. The van der Waals surface area contributed by atoms with Crippen LogP contribution in [-0.2, 0) is 10.3 Å². The third-order valence-electron chi connectivity index (χ3n) is 1.92. The highest BCUT2D eigenvalue weighted by molar-refractivity contribution is 5.79. The SMILES string of the molecule is C[C@@](N)(C(=O)O)c1ccc(C#N)nc1. The lowest BCUT2D eigenvalue weighted by Gasteiger charge is -2.18. The molecule has 1 aromatic heterocycles. The van der Waals surface area contributed by atoms with E-state index in [1.165, 1.54) is 25.3 Å². The van der Waals surface area contributed by atoms with Crippen molar-refractivity contribution in [1.82, 2.24) is 4.98 Å². The van der Waals surface area contributed by atoms with E-state index in [1.807, 2.05) is 6.07 Å². The second-order valence-electron chi connectivity index (χ2n) is 3.05. The van der Waals surface area contributed by atoms with Crippen LogP contribution in [0.25, 0.3) is 0 Å². The van der Waals surface area contributed by atoms with Gasteiger partial charge in [-0.1, -0.05) is 6.07 Å². The summed E-state index contributed by atoms with van der Waals surface area (Å²) in [6.07, 6.45) is 1.30. The highest BCUT2D eigenvalue weighted by Gasteiger charge is 2.30. The molecule has 0 radical (unpaired) electrons. The van der Waals surface area contributed by atoms with Crippen LogP contribution >= 0.6 is 0 Å². The topological polar surface area (TPSA) is 100 Å². The first-order chi connectivity index (χ1) is 6.48. The summed E-state index contributed by atoms with van der Waals surface area (Å²) in [4.78, 5) is 14.5. The van der Waals surface area contributed by atoms with Crippen LogP contribution in [0.1, 0.15) is 18.2 Å². The van der Waals surface area contributed by atoms with E-state index < -0.39 is 11.5 Å². The van der Waals surface area contributed by atoms with Gasteiger partial charge in [0.05, 0.1) is 0 Å². The normalized spacial score (nSPS) is 14.1. The van der Waals surface area contributed by atoms with Gasteiger partial charge in [-0.15, -0.1) is 0 Å². The van der Waals surface area contributed by atoms with Crippen molar-refractivity contribution in [2.24, 2.45) is 5.73 Å². The van der Waals surface area contributed by atoms with Crippen LogP contribution in [0.3, 0.4) is 0 Å². The number of carboxylic acid groups (broad SMARTS) is 1. The number of aromatic nitrogens is 1. The Labute approximate surface area is 80.8 Å². The van der Waals surface area contributed by atoms with Crippen LogP contribution in [0.5, 0.6) is 0 Å². The minimum atomic E-state index is -1.47. The van der Waals surface area contributed by atoms with Gasteiger partial charge >= 0.3 is 5.97 Å². The molecule has 0 amide bonds. The molecule has 0 saturated heterocycles. The Morgan fingerprint density at radius 2 is 2.36 bits per heavy atom. The highest BCUT2D eigenvalue weighted by Crippen LogP contribution is 2.16. The van der Waals surface area contributed by atoms with E-state index in [1.54, 1.807) is 0 Å². The van der Waals surface area contributed by atoms with Gasteiger partial charge in [0.15, 0.2) is 0 Å². The number of hydrogen-bond donors (Lipinski definition) is 2. The van der Waals surface area contributed by atoms with Gasteiger partial charge in [-0.25, -0.2) is 9.78 Å². The molecule has 0 unspecified atom stereocenters. The Morgan fingerprint density at radius 1 is 1.71 bits per heavy atom. The quantitative estimate of drug-likeness (QED) is 0.696. The van der Waals surface area contributed by atoms with Gasteiger partial charge in [-0.2, -0.15) is 5.26 Å². The number of hydrogen-bond acceptors (Lipinski definition) is 4. The fraction of sp³-hybridized carbons (Fsp3) is 0.222. The van der Waals surface area contributed by atoms with Gasteiger partial charge in [0, 0.05) is 11.8 Å². The molecule has 0 aromatic carbocycles. The summed E-state index contributed by atoms with van der Waals surface area (Å²) in [7, 11) is 0. The molecule has 0 saturated carbocycles. The number of rotatable bonds is 2. The van der Waals surface area contributed by atoms with E-state index in [2.05, 4.69) is 4.98 Å². The van der Waals surface area contributed by atoms with Gasteiger partial charge in [-0.05, 0) is 13.0 Å². The fourth-order valence-electron chi connectivity index (χ4n) is 0.891. The molecule has 5 nitrogen and oxygen atoms in total. The monoisotopic (exact) mass is 191 g/mol. The molecular weight excluding hydrogens is 182 g/mol. The van der Waals surface area contributed by atoms with Gasteiger partial charge in [0.2, 0.25) is 0 Å². The molecule has 1 heterocycles. The van der Waals surface area contributed by atoms with Crippen LogP contribution in [0.4, 0.5) is 0 Å². The number of aliphatic carboxylic acids is 1. The van der Waals surface area contributed by atoms with Crippen molar-refractivity contribution in [3.8, 4) is 6.07 Å². The fourth-order valence-corrected chi connectivity index (χ4v) is 0.891. The summed E-state index contributed by atoms with van der Waals surface area (Å²) in [6, 6.07) is 4.76. The number of carboxylic acids is 1. The molecular formula is C9H9N3O2. The summed E-state index contributed by atoms with van der Waals surface area (Å²) in [5, 5.41) is 17.3. The number of pyridine rings is 1. The second-order valence-corrected chi connectivity index (χ2v) is 3.05. The third kappa shape index (κ3) is 1.70. The highest BCUT2D eigenvalue weighted by atomic mass is 16.4. The van der Waals surface area contributed by atoms with Crippen LogP contribution in [-0.4, -0.2) is 16.1 Å². The number of nitriles is 1. The lowest BCUT2D eigenvalue weighted by molar-refractivity contribution is -0.143. The molecule has 0 aliphatic rings. The maximum absolute atomic E-state index is 10.8. The zero-order valence-electron chi connectivity index (χ0n) is 7.56. The molecule has 0 spiro atoms. The van der Waals surface area contributed by atoms with E-state index in [4.69, 9.17) is 16.1 Å². The van der Waals surface area contributed by atoms with Crippen molar-refractivity contribution in [1.29, 1.82) is 5.26 Å². The third-order valence-corrected chi connectivity index (χ3v) is 1.92. The predicted molar refractivity (Wildman–Crippen MR) is 48.1 cm³/mol. The van der Waals surface area contributed by atoms with Crippen LogP contribution in [0.2, 0.25) is 0 Å². The second kappa shape index (κ2) is 3.44. The smallest absolute Gasteiger partial charge is 0.328 e. The molecule has 72 valence electrons. The molecule has 0 bridgehead atoms. The Balaban J connectivity index is 3.10. The minimum absolute atomic E-state index is 0.231. The molecule has 14 heavy (non-hydrogen) atoms. The van der Waals surface area contributed by atoms with Gasteiger partial charge in [-0.3, -0.25) is 0 Å². The zero-order chi connectivity index (χ0) is 10.8. The summed E-state index contributed by atoms with van der Waals surface area (Å²) < 4.78 is 0. The van der Waals surface area contributed by atoms with Crippen LogP contribution in [0, 0.1) is 11.3 Å². The molecule has 3 N–H and O–H groups in total. The maximum atomic E-state index is 10.8. The van der Waals surface area contributed by atoms with Crippen molar-refractivity contribution in [3.63, 3.8) is 0 Å². The summed E-state index contributed by atoms with van der Waals surface area (Å²) in [5.41, 5.74) is 4.67. The van der Waals surface area contributed by atoms with E-state index >= 15 is 0 Å². The molecule has 1 atom stereocenters. The Kier molecular flexibility index (Phi) is 2.49. The average molecular weight is 191 g/mol. The molecule has 1 aromatic rings. The molecule has 0 aliphatic heterocycles. The number of nitrogens with zero attached hydrogens (tertiary/aromatic N) is 2. The first-order valence-electron chi connectivity index (χ1n) is 3.87. The van der Waals surface area contributed by atoms with Crippen LogP contribution in [0.15, 0.2) is 18.3 Å². The molecule has 0 fully saturated rings. The van der Waals surface area contributed by atoms with E-state index in [-0.39, 0.29) is 5.69 Å². The first-order valence-corrected chi connectivity index (χ1v) is 3.87. The Morgan fingerprint density at radius 3 is 2.71 bits per heavy atom. The molecule has 0 aliphatic carbocycles. The van der Waals surface area contributed by atoms with Crippen molar-refractivity contribution in [2.45, 2.75) is 12.5 Å². The minimum Gasteiger partial charge on any atom is -0.480 e. The lowest BCUT2D eigenvalue weighted by Crippen LogP contribution is -2.41. The average Bonchev–Trinajstić information content (AvgIpc) is 2.17. The summed E-state index contributed by atoms with van der Waals surface area (Å²) in [6.45, 7) is 1.37. The largest absolute Gasteiger partial charge is 0.480 e. The lowest BCUT2D eigenvalue weighted by atomic mass is 9.95. The van der Waals surface area contributed by atoms with Crippen molar-refractivity contribution >= 4 is 5.97 Å². The summed E-state index contributed by atoms with van der Waals surface area (Å²) in [5.74, 6) is -1.14. The number of nitrogens with two attached hydrogens (primary N) is 1. The van der Waals surface area contributed by atoms with E-state index in [0.717, 1.165) is 0 Å². The van der Waals surface area contributed by atoms with Crippen molar-refractivity contribution < 1.29 is 9.90 Å². The zero-order valence-corrected chi connectivity index (χ0v) is 7.56. The predicted octanol–water partition coefficient (Wildman–Crippen LogP) is 0.212. The van der Waals surface area contributed by atoms with Gasteiger partial charge in [0.25, 0.3) is 0 Å². The Bertz CT molecular complexity index is 390.